The van der Waals surface area contributed by atoms with Crippen LogP contribution in [0.4, 0.5) is 5.82 Å². The summed E-state index contributed by atoms with van der Waals surface area (Å²) < 4.78 is 1.95. The molecule has 0 aliphatic carbocycles. The molecule has 0 aromatic carbocycles. The molecule has 27 heavy (non-hydrogen) atoms. The Morgan fingerprint density at radius 1 is 1.04 bits per heavy atom. The molecule has 2 aromatic heterocycles. The largest absolute Gasteiger partial charge is 0.355 e. The molecule has 1 unspecified atom stereocenters. The first-order chi connectivity index (χ1) is 13.3. The van der Waals surface area contributed by atoms with E-state index in [4.69, 9.17) is 5.10 Å². The van der Waals surface area contributed by atoms with Gasteiger partial charge in [-0.15, -0.1) is 15.3 Å². The summed E-state index contributed by atoms with van der Waals surface area (Å²) in [7, 11) is 0. The number of amides is 1. The van der Waals surface area contributed by atoms with Crippen LogP contribution in [-0.4, -0.2) is 69.4 Å². The SMILES string of the molecule is O=C1CCCC(CN2CCC(c3nnc4ccc(N5CCC5)nn34)CC2)N1. The third-order valence-electron chi connectivity index (χ3n) is 6.21. The van der Waals surface area contributed by atoms with Crippen molar-refractivity contribution in [2.75, 3.05) is 37.6 Å². The molecule has 0 saturated carbocycles. The highest BCUT2D eigenvalue weighted by Crippen LogP contribution is 2.28. The summed E-state index contributed by atoms with van der Waals surface area (Å²) in [5.41, 5.74) is 0.835. The second-order valence-electron chi connectivity index (χ2n) is 8.09. The lowest BCUT2D eigenvalue weighted by molar-refractivity contribution is -0.123. The molecule has 3 fully saturated rings. The van der Waals surface area contributed by atoms with Crippen LogP contribution in [0.1, 0.15) is 50.3 Å². The fraction of sp³-hybridized carbons (Fsp3) is 0.684. The van der Waals surface area contributed by atoms with Crippen LogP contribution in [0, 0.1) is 0 Å². The van der Waals surface area contributed by atoms with Crippen molar-refractivity contribution in [3.63, 3.8) is 0 Å². The van der Waals surface area contributed by atoms with Gasteiger partial charge in [0.15, 0.2) is 11.5 Å². The number of carbonyl (C=O) groups is 1. The van der Waals surface area contributed by atoms with Crippen LogP contribution >= 0.6 is 0 Å². The van der Waals surface area contributed by atoms with E-state index in [2.05, 4.69) is 25.3 Å². The highest BCUT2D eigenvalue weighted by atomic mass is 16.1. The summed E-state index contributed by atoms with van der Waals surface area (Å²) in [6, 6.07) is 4.39. The van der Waals surface area contributed by atoms with Gasteiger partial charge in [0.05, 0.1) is 0 Å². The Bertz CT molecular complexity index is 823. The zero-order valence-electron chi connectivity index (χ0n) is 15.7. The van der Waals surface area contributed by atoms with Gasteiger partial charge in [-0.05, 0) is 57.3 Å². The first kappa shape index (κ1) is 16.9. The van der Waals surface area contributed by atoms with Crippen molar-refractivity contribution >= 4 is 17.4 Å². The summed E-state index contributed by atoms with van der Waals surface area (Å²) >= 11 is 0. The quantitative estimate of drug-likeness (QED) is 0.872. The molecule has 144 valence electrons. The molecule has 0 spiro atoms. The van der Waals surface area contributed by atoms with Gasteiger partial charge in [-0.1, -0.05) is 0 Å². The molecule has 5 rings (SSSR count). The van der Waals surface area contributed by atoms with E-state index < -0.39 is 0 Å². The Hall–Kier alpha value is -2.22. The standard InChI is InChI=1S/C19H27N7O/c27-18-4-1-3-15(20-18)13-24-11-7-14(8-12-24)19-22-21-16-5-6-17(23-26(16)19)25-9-2-10-25/h5-6,14-15H,1-4,7-13H2,(H,20,27). The second-order valence-corrected chi connectivity index (χ2v) is 8.09. The number of rotatable bonds is 4. The zero-order valence-corrected chi connectivity index (χ0v) is 15.7. The number of anilines is 1. The number of carbonyl (C=O) groups excluding carboxylic acids is 1. The monoisotopic (exact) mass is 369 g/mol. The highest BCUT2D eigenvalue weighted by Gasteiger charge is 2.28. The maximum Gasteiger partial charge on any atom is 0.220 e. The molecule has 3 aliphatic rings. The molecule has 0 bridgehead atoms. The van der Waals surface area contributed by atoms with E-state index in [-0.39, 0.29) is 5.91 Å². The molecule has 5 heterocycles. The molecule has 8 heteroatoms. The van der Waals surface area contributed by atoms with Crippen molar-refractivity contribution < 1.29 is 4.79 Å². The van der Waals surface area contributed by atoms with Crippen molar-refractivity contribution in [1.82, 2.24) is 30.0 Å². The van der Waals surface area contributed by atoms with Crippen LogP contribution in [0.5, 0.6) is 0 Å². The number of nitrogens with zero attached hydrogens (tertiary/aromatic N) is 6. The number of hydrogen-bond acceptors (Lipinski definition) is 6. The topological polar surface area (TPSA) is 78.7 Å². The number of hydrogen-bond donors (Lipinski definition) is 1. The highest BCUT2D eigenvalue weighted by molar-refractivity contribution is 5.76. The van der Waals surface area contributed by atoms with Crippen molar-refractivity contribution in [1.29, 1.82) is 0 Å². The lowest BCUT2D eigenvalue weighted by atomic mass is 9.95. The normalized spacial score (nSPS) is 24.8. The van der Waals surface area contributed by atoms with Gasteiger partial charge in [-0.2, -0.15) is 4.52 Å². The third-order valence-corrected chi connectivity index (χ3v) is 6.21. The lowest BCUT2D eigenvalue weighted by Crippen LogP contribution is -2.48. The van der Waals surface area contributed by atoms with Crippen LogP contribution in [0.25, 0.3) is 5.65 Å². The van der Waals surface area contributed by atoms with E-state index in [1.807, 2.05) is 16.6 Å². The molecule has 3 saturated heterocycles. The van der Waals surface area contributed by atoms with Gasteiger partial charge in [0.1, 0.15) is 5.82 Å². The fourth-order valence-corrected chi connectivity index (χ4v) is 4.47. The molecule has 8 nitrogen and oxygen atoms in total. The van der Waals surface area contributed by atoms with E-state index >= 15 is 0 Å². The van der Waals surface area contributed by atoms with Gasteiger partial charge in [0, 0.05) is 38.0 Å². The Kier molecular flexibility index (Phi) is 4.43. The molecule has 3 aliphatic heterocycles. The van der Waals surface area contributed by atoms with E-state index in [0.29, 0.717) is 18.4 Å². The molecule has 2 aromatic rings. The van der Waals surface area contributed by atoms with E-state index in [1.54, 1.807) is 0 Å². The smallest absolute Gasteiger partial charge is 0.220 e. The van der Waals surface area contributed by atoms with Gasteiger partial charge in [-0.3, -0.25) is 4.79 Å². The fourth-order valence-electron chi connectivity index (χ4n) is 4.47. The number of piperidine rings is 2. The van der Waals surface area contributed by atoms with Crippen LogP contribution in [-0.2, 0) is 4.79 Å². The Morgan fingerprint density at radius 3 is 2.63 bits per heavy atom. The molecule has 0 radical (unpaired) electrons. The third kappa shape index (κ3) is 3.38. The second kappa shape index (κ2) is 7.07. The minimum absolute atomic E-state index is 0.208. The lowest BCUT2D eigenvalue weighted by Gasteiger charge is -2.35. The van der Waals surface area contributed by atoms with E-state index in [1.165, 1.54) is 6.42 Å². The molecular weight excluding hydrogens is 342 g/mol. The van der Waals surface area contributed by atoms with Gasteiger partial charge in [0.2, 0.25) is 5.91 Å². The van der Waals surface area contributed by atoms with E-state index in [9.17, 15) is 4.79 Å². The van der Waals surface area contributed by atoms with Crippen molar-refractivity contribution in [3.8, 4) is 0 Å². The summed E-state index contributed by atoms with van der Waals surface area (Å²) in [5.74, 6) is 2.63. The average Bonchev–Trinajstić information content (AvgIpc) is 3.04. The summed E-state index contributed by atoms with van der Waals surface area (Å²) in [4.78, 5) is 16.4. The van der Waals surface area contributed by atoms with Crippen LogP contribution < -0.4 is 10.2 Å². The zero-order chi connectivity index (χ0) is 18.2. The van der Waals surface area contributed by atoms with Gasteiger partial charge in [-0.25, -0.2) is 0 Å². The van der Waals surface area contributed by atoms with Crippen molar-refractivity contribution in [3.05, 3.63) is 18.0 Å². The van der Waals surface area contributed by atoms with Crippen molar-refractivity contribution in [2.24, 2.45) is 0 Å². The predicted octanol–water partition coefficient (Wildman–Crippen LogP) is 1.18. The number of nitrogens with one attached hydrogen (secondary N) is 1. The Labute approximate surface area is 158 Å². The Balaban J connectivity index is 1.24. The van der Waals surface area contributed by atoms with Gasteiger partial charge < -0.3 is 15.1 Å². The number of aromatic nitrogens is 4. The molecule has 1 amide bonds. The van der Waals surface area contributed by atoms with Crippen LogP contribution in [0.3, 0.4) is 0 Å². The summed E-state index contributed by atoms with van der Waals surface area (Å²) in [5, 5.41) is 16.7. The number of fused-ring (bicyclic) bond motifs is 1. The van der Waals surface area contributed by atoms with Gasteiger partial charge in [0.25, 0.3) is 0 Å². The predicted molar refractivity (Wildman–Crippen MR) is 102 cm³/mol. The minimum atomic E-state index is 0.208. The first-order valence-electron chi connectivity index (χ1n) is 10.3. The van der Waals surface area contributed by atoms with Crippen molar-refractivity contribution in [2.45, 2.75) is 50.5 Å². The van der Waals surface area contributed by atoms with Crippen LogP contribution in [0.2, 0.25) is 0 Å². The molecular formula is C19H27N7O. The number of likely N-dealkylation sites (tertiary alicyclic amines) is 1. The van der Waals surface area contributed by atoms with Crippen LogP contribution in [0.15, 0.2) is 12.1 Å². The maximum atomic E-state index is 11.6. The molecule has 1 N–H and O–H groups in total. The first-order valence-corrected chi connectivity index (χ1v) is 10.3. The Morgan fingerprint density at radius 2 is 1.89 bits per heavy atom. The van der Waals surface area contributed by atoms with Gasteiger partial charge >= 0.3 is 0 Å². The average molecular weight is 369 g/mol. The summed E-state index contributed by atoms with van der Waals surface area (Å²) in [6.45, 7) is 5.23. The maximum absolute atomic E-state index is 11.6. The van der Waals surface area contributed by atoms with E-state index in [0.717, 1.165) is 75.7 Å². The minimum Gasteiger partial charge on any atom is -0.355 e. The summed E-state index contributed by atoms with van der Waals surface area (Å²) in [6.07, 6.45) is 6.18. The molecule has 1 atom stereocenters.